The van der Waals surface area contributed by atoms with Gasteiger partial charge in [-0.15, -0.1) is 0 Å². The Kier molecular flexibility index (Phi) is 3.85. The van der Waals surface area contributed by atoms with Crippen molar-refractivity contribution in [1.82, 2.24) is 9.97 Å². The van der Waals surface area contributed by atoms with E-state index in [2.05, 4.69) is 14.7 Å². The van der Waals surface area contributed by atoms with Gasteiger partial charge in [0.2, 0.25) is 0 Å². The molecule has 0 aliphatic heterocycles. The molecule has 1 unspecified atom stereocenters. The number of methoxy groups -OCH3 is 1. The lowest BCUT2D eigenvalue weighted by Crippen LogP contribution is -2.33. The fourth-order valence-electron chi connectivity index (χ4n) is 1.37. The smallest absolute Gasteiger partial charge is 0.323 e. The zero-order chi connectivity index (χ0) is 11.4. The predicted octanol–water partition coefficient (Wildman–Crippen LogP) is 0.323. The van der Waals surface area contributed by atoms with Crippen LogP contribution in [0.4, 0.5) is 0 Å². The number of nitrogens with two attached hydrogens (primary N) is 1. The number of aromatic amines is 1. The maximum absolute atomic E-state index is 11.1. The lowest BCUT2D eigenvalue weighted by atomic mass is 10.1. The van der Waals surface area contributed by atoms with E-state index in [0.29, 0.717) is 6.42 Å². The van der Waals surface area contributed by atoms with Gasteiger partial charge in [0, 0.05) is 18.5 Å². The average Bonchev–Trinajstić information content (AvgIpc) is 2.58. The van der Waals surface area contributed by atoms with E-state index < -0.39 is 12.0 Å². The molecule has 1 atom stereocenters. The van der Waals surface area contributed by atoms with Gasteiger partial charge in [-0.05, 0) is 6.92 Å². The Morgan fingerprint density at radius 3 is 2.80 bits per heavy atom. The van der Waals surface area contributed by atoms with Gasteiger partial charge in [0.15, 0.2) is 0 Å². The van der Waals surface area contributed by atoms with Crippen LogP contribution in [-0.4, -0.2) is 29.1 Å². The normalized spacial score (nSPS) is 12.5. The highest BCUT2D eigenvalue weighted by molar-refractivity contribution is 5.75. The summed E-state index contributed by atoms with van der Waals surface area (Å²) >= 11 is 0. The fraction of sp³-hybridized carbons (Fsp3) is 0.600. The van der Waals surface area contributed by atoms with Crippen molar-refractivity contribution in [2.24, 2.45) is 5.73 Å². The minimum atomic E-state index is -0.637. The van der Waals surface area contributed by atoms with Gasteiger partial charge in [0.05, 0.1) is 12.8 Å². The maximum atomic E-state index is 11.1. The lowest BCUT2D eigenvalue weighted by Gasteiger charge is -2.07. The van der Waals surface area contributed by atoms with Crippen LogP contribution >= 0.6 is 0 Å². The molecule has 84 valence electrons. The average molecular weight is 211 g/mol. The van der Waals surface area contributed by atoms with Crippen LogP contribution in [0.3, 0.4) is 0 Å². The zero-order valence-corrected chi connectivity index (χ0v) is 9.33. The zero-order valence-electron chi connectivity index (χ0n) is 9.33. The van der Waals surface area contributed by atoms with Crippen molar-refractivity contribution in [3.8, 4) is 0 Å². The van der Waals surface area contributed by atoms with Gasteiger partial charge in [0.25, 0.3) is 0 Å². The SMILES string of the molecule is CCc1nc(CC(N)C(=O)OC)c(C)[nH]1. The monoisotopic (exact) mass is 211 g/mol. The molecular weight excluding hydrogens is 194 g/mol. The summed E-state index contributed by atoms with van der Waals surface area (Å²) in [4.78, 5) is 18.6. The third-order valence-corrected chi connectivity index (χ3v) is 2.29. The third-order valence-electron chi connectivity index (χ3n) is 2.29. The molecule has 0 bridgehead atoms. The summed E-state index contributed by atoms with van der Waals surface area (Å²) in [5.41, 5.74) is 7.45. The highest BCUT2D eigenvalue weighted by Gasteiger charge is 2.17. The van der Waals surface area contributed by atoms with E-state index >= 15 is 0 Å². The van der Waals surface area contributed by atoms with Gasteiger partial charge in [0.1, 0.15) is 11.9 Å². The third kappa shape index (κ3) is 2.79. The molecule has 0 saturated carbocycles. The first kappa shape index (κ1) is 11.7. The number of esters is 1. The molecule has 0 aliphatic carbocycles. The van der Waals surface area contributed by atoms with Crippen LogP contribution in [0.25, 0.3) is 0 Å². The Hall–Kier alpha value is -1.36. The number of H-pyrrole nitrogens is 1. The van der Waals surface area contributed by atoms with Crippen molar-refractivity contribution in [3.63, 3.8) is 0 Å². The first-order valence-corrected chi connectivity index (χ1v) is 4.96. The number of nitrogens with one attached hydrogen (secondary N) is 1. The van der Waals surface area contributed by atoms with Crippen molar-refractivity contribution in [3.05, 3.63) is 17.2 Å². The number of aryl methyl sites for hydroxylation is 2. The molecule has 15 heavy (non-hydrogen) atoms. The summed E-state index contributed by atoms with van der Waals surface area (Å²) in [6.07, 6.45) is 1.25. The Labute approximate surface area is 89.0 Å². The molecule has 0 radical (unpaired) electrons. The lowest BCUT2D eigenvalue weighted by molar-refractivity contribution is -0.142. The molecule has 1 heterocycles. The molecule has 0 fully saturated rings. The molecule has 0 aromatic carbocycles. The minimum Gasteiger partial charge on any atom is -0.468 e. The topological polar surface area (TPSA) is 81.0 Å². The summed E-state index contributed by atoms with van der Waals surface area (Å²) in [6, 6.07) is -0.637. The van der Waals surface area contributed by atoms with Crippen LogP contribution in [0.15, 0.2) is 0 Å². The van der Waals surface area contributed by atoms with Gasteiger partial charge < -0.3 is 15.5 Å². The number of hydrogen-bond donors (Lipinski definition) is 2. The van der Waals surface area contributed by atoms with Crippen LogP contribution < -0.4 is 5.73 Å². The maximum Gasteiger partial charge on any atom is 0.323 e. The molecule has 5 heteroatoms. The number of ether oxygens (including phenoxy) is 1. The van der Waals surface area contributed by atoms with E-state index in [1.807, 2.05) is 13.8 Å². The van der Waals surface area contributed by atoms with E-state index in [0.717, 1.165) is 23.6 Å². The first-order chi connectivity index (χ1) is 7.08. The molecule has 0 aliphatic rings. The van der Waals surface area contributed by atoms with E-state index in [1.54, 1.807) is 0 Å². The predicted molar refractivity (Wildman–Crippen MR) is 56.4 cm³/mol. The van der Waals surface area contributed by atoms with Gasteiger partial charge in [-0.2, -0.15) is 0 Å². The van der Waals surface area contributed by atoms with E-state index in [4.69, 9.17) is 5.73 Å². The van der Waals surface area contributed by atoms with Crippen molar-refractivity contribution in [2.45, 2.75) is 32.7 Å². The second-order valence-corrected chi connectivity index (χ2v) is 3.44. The van der Waals surface area contributed by atoms with E-state index in [-0.39, 0.29) is 0 Å². The molecule has 3 N–H and O–H groups in total. The summed E-state index contributed by atoms with van der Waals surface area (Å²) in [6.45, 7) is 3.94. The molecule has 0 spiro atoms. The second kappa shape index (κ2) is 4.93. The number of rotatable bonds is 4. The number of imidazole rings is 1. The van der Waals surface area contributed by atoms with Crippen LogP contribution in [0.5, 0.6) is 0 Å². The van der Waals surface area contributed by atoms with Gasteiger partial charge in [-0.3, -0.25) is 4.79 Å². The number of aromatic nitrogens is 2. The number of hydrogen-bond acceptors (Lipinski definition) is 4. The number of carbonyl (C=O) groups is 1. The molecule has 1 aromatic rings. The molecular formula is C10H17N3O2. The number of nitrogens with zero attached hydrogens (tertiary/aromatic N) is 1. The van der Waals surface area contributed by atoms with Crippen molar-refractivity contribution in [1.29, 1.82) is 0 Å². The van der Waals surface area contributed by atoms with Crippen LogP contribution in [0.2, 0.25) is 0 Å². The van der Waals surface area contributed by atoms with Gasteiger partial charge in [-0.1, -0.05) is 6.92 Å². The fourth-order valence-corrected chi connectivity index (χ4v) is 1.37. The standard InChI is InChI=1S/C10H17N3O2/c1-4-9-12-6(2)8(13-9)5-7(11)10(14)15-3/h7H,4-5,11H2,1-3H3,(H,12,13). The van der Waals surface area contributed by atoms with Crippen molar-refractivity contribution < 1.29 is 9.53 Å². The van der Waals surface area contributed by atoms with E-state index in [1.165, 1.54) is 7.11 Å². The Morgan fingerprint density at radius 2 is 2.33 bits per heavy atom. The van der Waals surface area contributed by atoms with Crippen molar-refractivity contribution >= 4 is 5.97 Å². The molecule has 0 amide bonds. The Morgan fingerprint density at radius 1 is 1.67 bits per heavy atom. The highest BCUT2D eigenvalue weighted by atomic mass is 16.5. The van der Waals surface area contributed by atoms with Crippen LogP contribution in [-0.2, 0) is 22.4 Å². The largest absolute Gasteiger partial charge is 0.468 e. The summed E-state index contributed by atoms with van der Waals surface area (Å²) in [7, 11) is 1.33. The molecule has 0 saturated heterocycles. The second-order valence-electron chi connectivity index (χ2n) is 3.44. The van der Waals surface area contributed by atoms with Gasteiger partial charge in [-0.25, -0.2) is 4.98 Å². The van der Waals surface area contributed by atoms with Crippen molar-refractivity contribution in [2.75, 3.05) is 7.11 Å². The first-order valence-electron chi connectivity index (χ1n) is 4.96. The number of carbonyl (C=O) groups excluding carboxylic acids is 1. The van der Waals surface area contributed by atoms with Crippen LogP contribution in [0, 0.1) is 6.92 Å². The summed E-state index contributed by atoms with van der Waals surface area (Å²) in [5, 5.41) is 0. The van der Waals surface area contributed by atoms with Gasteiger partial charge >= 0.3 is 5.97 Å². The Bertz CT molecular complexity index is 346. The minimum absolute atomic E-state index is 0.407. The quantitative estimate of drug-likeness (QED) is 0.703. The molecule has 5 nitrogen and oxygen atoms in total. The van der Waals surface area contributed by atoms with E-state index in [9.17, 15) is 4.79 Å². The van der Waals surface area contributed by atoms with Crippen LogP contribution in [0.1, 0.15) is 24.1 Å². The summed E-state index contributed by atoms with van der Waals surface area (Å²) < 4.78 is 4.56. The highest BCUT2D eigenvalue weighted by Crippen LogP contribution is 2.08. The molecule has 1 aromatic heterocycles. The summed E-state index contributed by atoms with van der Waals surface area (Å²) in [5.74, 6) is 0.509. The Balaban J connectivity index is 2.71. The molecule has 1 rings (SSSR count).